The van der Waals surface area contributed by atoms with Gasteiger partial charge < -0.3 is 10.4 Å². The Bertz CT molecular complexity index is 585. The molecule has 126 valence electrons. The van der Waals surface area contributed by atoms with E-state index in [2.05, 4.69) is 5.32 Å². The molecule has 0 spiro atoms. The third kappa shape index (κ3) is 3.89. The van der Waals surface area contributed by atoms with Crippen LogP contribution in [-0.2, 0) is 9.59 Å². The summed E-state index contributed by atoms with van der Waals surface area (Å²) in [6.45, 7) is 5.95. The molecule has 1 fully saturated rings. The van der Waals surface area contributed by atoms with Crippen molar-refractivity contribution in [1.82, 2.24) is 5.32 Å². The van der Waals surface area contributed by atoms with Crippen LogP contribution in [0, 0.1) is 16.6 Å². The summed E-state index contributed by atoms with van der Waals surface area (Å²) >= 11 is 0. The molecule has 1 amide bonds. The molecule has 5 heteroatoms. The van der Waals surface area contributed by atoms with Crippen molar-refractivity contribution in [3.05, 3.63) is 35.6 Å². The Hall–Kier alpha value is -1.91. The van der Waals surface area contributed by atoms with E-state index in [1.165, 1.54) is 12.1 Å². The van der Waals surface area contributed by atoms with Crippen molar-refractivity contribution < 1.29 is 19.1 Å². The molecule has 4 nitrogen and oxygen atoms in total. The highest BCUT2D eigenvalue weighted by Gasteiger charge is 2.46. The van der Waals surface area contributed by atoms with Gasteiger partial charge in [-0.1, -0.05) is 39.3 Å². The molecule has 1 aliphatic rings. The van der Waals surface area contributed by atoms with Crippen molar-refractivity contribution in [1.29, 1.82) is 0 Å². The molecular formula is C18H24FNO3. The van der Waals surface area contributed by atoms with Crippen LogP contribution in [0.5, 0.6) is 0 Å². The maximum Gasteiger partial charge on any atom is 0.310 e. The summed E-state index contributed by atoms with van der Waals surface area (Å²) in [5, 5.41) is 12.3. The SMILES string of the molecule is CC(C)(C)C(NC(=O)CC1(C(=O)O)CCC1)c1ccc(F)cc1. The van der Waals surface area contributed by atoms with Gasteiger partial charge in [-0.05, 0) is 36.0 Å². The van der Waals surface area contributed by atoms with E-state index < -0.39 is 11.4 Å². The summed E-state index contributed by atoms with van der Waals surface area (Å²) in [5.74, 6) is -1.49. The number of nitrogens with one attached hydrogen (secondary N) is 1. The van der Waals surface area contributed by atoms with Gasteiger partial charge in [0.05, 0.1) is 11.5 Å². The molecule has 1 saturated carbocycles. The third-order valence-corrected chi connectivity index (χ3v) is 4.64. The van der Waals surface area contributed by atoms with E-state index >= 15 is 0 Å². The Morgan fingerprint density at radius 1 is 1.26 bits per heavy atom. The normalized spacial score (nSPS) is 17.9. The fraction of sp³-hybridized carbons (Fsp3) is 0.556. The molecule has 1 unspecified atom stereocenters. The zero-order chi connectivity index (χ0) is 17.3. The quantitative estimate of drug-likeness (QED) is 0.869. The highest BCUT2D eigenvalue weighted by molar-refractivity contribution is 5.85. The van der Waals surface area contributed by atoms with Crippen molar-refractivity contribution in [2.45, 2.75) is 52.5 Å². The molecule has 0 saturated heterocycles. The van der Waals surface area contributed by atoms with Gasteiger partial charge >= 0.3 is 5.97 Å². The largest absolute Gasteiger partial charge is 0.481 e. The number of carboxylic acids is 1. The molecule has 1 aliphatic carbocycles. The molecule has 0 heterocycles. The summed E-state index contributed by atoms with van der Waals surface area (Å²) in [6.07, 6.45) is 1.94. The van der Waals surface area contributed by atoms with Gasteiger partial charge in [-0.25, -0.2) is 4.39 Å². The molecule has 2 rings (SSSR count). The zero-order valence-corrected chi connectivity index (χ0v) is 13.9. The van der Waals surface area contributed by atoms with Gasteiger partial charge in [-0.2, -0.15) is 0 Å². The highest BCUT2D eigenvalue weighted by Crippen LogP contribution is 2.44. The standard InChI is InChI=1S/C18H24FNO3/c1-17(2,3)15(12-5-7-13(19)8-6-12)20-14(21)11-18(16(22)23)9-4-10-18/h5-8,15H,4,9-11H2,1-3H3,(H,20,21)(H,22,23). The highest BCUT2D eigenvalue weighted by atomic mass is 19.1. The molecule has 23 heavy (non-hydrogen) atoms. The predicted octanol–water partition coefficient (Wildman–Crippen LogP) is 3.67. The minimum absolute atomic E-state index is 0.00386. The van der Waals surface area contributed by atoms with E-state index in [9.17, 15) is 19.1 Å². The fourth-order valence-electron chi connectivity index (χ4n) is 3.04. The van der Waals surface area contributed by atoms with Crippen LogP contribution in [0.15, 0.2) is 24.3 Å². The first kappa shape index (κ1) is 17.4. The van der Waals surface area contributed by atoms with Crippen LogP contribution in [-0.4, -0.2) is 17.0 Å². The van der Waals surface area contributed by atoms with Crippen LogP contribution in [0.1, 0.15) is 58.1 Å². The van der Waals surface area contributed by atoms with Gasteiger partial charge in [0.2, 0.25) is 5.91 Å². The lowest BCUT2D eigenvalue weighted by Gasteiger charge is -2.38. The van der Waals surface area contributed by atoms with Crippen LogP contribution in [0.25, 0.3) is 0 Å². The smallest absolute Gasteiger partial charge is 0.310 e. The lowest BCUT2D eigenvalue weighted by atomic mass is 9.66. The van der Waals surface area contributed by atoms with Crippen LogP contribution in [0.4, 0.5) is 4.39 Å². The molecule has 0 aromatic heterocycles. The minimum atomic E-state index is -0.907. The van der Waals surface area contributed by atoms with Crippen molar-refractivity contribution in [3.63, 3.8) is 0 Å². The van der Waals surface area contributed by atoms with Gasteiger partial charge in [-0.15, -0.1) is 0 Å². The Kier molecular flexibility index (Phi) is 4.78. The number of amides is 1. The number of carbonyl (C=O) groups is 2. The third-order valence-electron chi connectivity index (χ3n) is 4.64. The number of benzene rings is 1. The molecule has 0 bridgehead atoms. The van der Waals surface area contributed by atoms with E-state index in [0.717, 1.165) is 12.0 Å². The second-order valence-electron chi connectivity index (χ2n) is 7.53. The Morgan fingerprint density at radius 2 is 1.83 bits per heavy atom. The molecule has 1 aromatic rings. The van der Waals surface area contributed by atoms with Crippen molar-refractivity contribution in [3.8, 4) is 0 Å². The molecular weight excluding hydrogens is 297 g/mol. The average molecular weight is 321 g/mol. The van der Waals surface area contributed by atoms with Crippen LogP contribution in [0.2, 0.25) is 0 Å². The number of hydrogen-bond acceptors (Lipinski definition) is 2. The van der Waals surface area contributed by atoms with Gasteiger partial charge in [0.1, 0.15) is 5.82 Å². The maximum absolute atomic E-state index is 13.1. The van der Waals surface area contributed by atoms with Crippen molar-refractivity contribution in [2.75, 3.05) is 0 Å². The molecule has 0 aliphatic heterocycles. The lowest BCUT2D eigenvalue weighted by molar-refractivity contribution is -0.157. The van der Waals surface area contributed by atoms with Gasteiger partial charge in [0.25, 0.3) is 0 Å². The average Bonchev–Trinajstić information content (AvgIpc) is 2.40. The first-order valence-corrected chi connectivity index (χ1v) is 7.92. The van der Waals surface area contributed by atoms with Crippen LogP contribution in [0.3, 0.4) is 0 Å². The molecule has 2 N–H and O–H groups in total. The number of halogens is 1. The van der Waals surface area contributed by atoms with E-state index in [-0.39, 0.29) is 29.6 Å². The molecule has 1 aromatic carbocycles. The zero-order valence-electron chi connectivity index (χ0n) is 13.9. The summed E-state index contributed by atoms with van der Waals surface area (Å²) in [7, 11) is 0. The fourth-order valence-corrected chi connectivity index (χ4v) is 3.04. The van der Waals surface area contributed by atoms with Crippen molar-refractivity contribution >= 4 is 11.9 Å². The number of aliphatic carboxylic acids is 1. The molecule has 0 radical (unpaired) electrons. The van der Waals surface area contributed by atoms with Gasteiger partial charge in [0, 0.05) is 6.42 Å². The summed E-state index contributed by atoms with van der Waals surface area (Å²) < 4.78 is 13.1. The summed E-state index contributed by atoms with van der Waals surface area (Å²) in [5.41, 5.74) is -0.371. The van der Waals surface area contributed by atoms with Crippen LogP contribution < -0.4 is 5.32 Å². The van der Waals surface area contributed by atoms with E-state index in [1.807, 2.05) is 20.8 Å². The number of hydrogen-bond donors (Lipinski definition) is 2. The Balaban J connectivity index is 2.13. The van der Waals surface area contributed by atoms with E-state index in [1.54, 1.807) is 12.1 Å². The van der Waals surface area contributed by atoms with Gasteiger partial charge in [-0.3, -0.25) is 9.59 Å². The lowest BCUT2D eigenvalue weighted by Crippen LogP contribution is -2.44. The number of carboxylic acid groups (broad SMARTS) is 1. The van der Waals surface area contributed by atoms with Crippen molar-refractivity contribution in [2.24, 2.45) is 10.8 Å². The first-order chi connectivity index (χ1) is 10.6. The number of rotatable bonds is 5. The van der Waals surface area contributed by atoms with E-state index in [0.29, 0.717) is 12.8 Å². The topological polar surface area (TPSA) is 66.4 Å². The van der Waals surface area contributed by atoms with Gasteiger partial charge in [0.15, 0.2) is 0 Å². The minimum Gasteiger partial charge on any atom is -0.481 e. The second kappa shape index (κ2) is 6.30. The summed E-state index contributed by atoms with van der Waals surface area (Å²) in [6, 6.07) is 5.74. The van der Waals surface area contributed by atoms with Crippen LogP contribution >= 0.6 is 0 Å². The molecule has 1 atom stereocenters. The Labute approximate surface area is 136 Å². The maximum atomic E-state index is 13.1. The monoisotopic (exact) mass is 321 g/mol. The second-order valence-corrected chi connectivity index (χ2v) is 7.53. The first-order valence-electron chi connectivity index (χ1n) is 7.92. The summed E-state index contributed by atoms with van der Waals surface area (Å²) in [4.78, 5) is 23.8. The number of carbonyl (C=O) groups excluding carboxylic acids is 1. The predicted molar refractivity (Wildman–Crippen MR) is 85.3 cm³/mol. The Morgan fingerprint density at radius 3 is 2.22 bits per heavy atom. The van der Waals surface area contributed by atoms with E-state index in [4.69, 9.17) is 0 Å².